The minimum absolute atomic E-state index is 0.0421. The zero-order valence-electron chi connectivity index (χ0n) is 40.3. The molecule has 0 aliphatic rings. The van der Waals surface area contributed by atoms with E-state index < -0.39 is 0 Å². The van der Waals surface area contributed by atoms with Crippen molar-refractivity contribution in [1.82, 2.24) is 4.98 Å². The van der Waals surface area contributed by atoms with Crippen LogP contribution in [0.15, 0.2) is 12.1 Å². The van der Waals surface area contributed by atoms with Crippen LogP contribution in [0.25, 0.3) is 0 Å². The largest absolute Gasteiger partial charge is 0.298 e. The fraction of sp³-hybridized carbons (Fsp3) is 0.500. The smallest absolute Gasteiger partial charge is 0.152 e. The van der Waals surface area contributed by atoms with Gasteiger partial charge in [-0.25, -0.2) is 4.98 Å². The predicted molar refractivity (Wildman–Crippen MR) is 583 cm³/mol. The maximum absolute atomic E-state index is 11.0. The van der Waals surface area contributed by atoms with Gasteiger partial charge in [0, 0.05) is 639 Å². The Bertz CT molecular complexity index is 5760. The minimum atomic E-state index is -0.0976. The second kappa shape index (κ2) is 83.6. The first-order valence-corrected chi connectivity index (χ1v) is 108. The van der Waals surface area contributed by atoms with Crippen molar-refractivity contribution in [2.24, 2.45) is 5.41 Å². The maximum atomic E-state index is 11.0. The number of hydrogen-bond acceptors (Lipinski definition) is 4. The van der Waals surface area contributed by atoms with E-state index in [2.05, 4.69) is 37.6 Å². The number of hydrogen-bond donors (Lipinski definition) is 0. The zero-order valence-corrected chi connectivity index (χ0v) is 96.6. The van der Waals surface area contributed by atoms with Gasteiger partial charge in [0.2, 0.25) is 0 Å². The van der Waals surface area contributed by atoms with Crippen molar-refractivity contribution in [2.75, 3.05) is 0 Å². The Kier molecular flexibility index (Phi) is 96.6. The van der Waals surface area contributed by atoms with Crippen molar-refractivity contribution in [3.63, 3.8) is 0 Å². The molecule has 87 heavy (non-hydrogen) atoms. The van der Waals surface area contributed by atoms with Crippen molar-refractivity contribution in [3.8, 4) is 11.8 Å². The number of pyridine rings is 1. The van der Waals surface area contributed by atoms with Crippen LogP contribution in [0.1, 0.15) is 63.3 Å². The number of carbonyl (C=O) groups is 1. The van der Waals surface area contributed by atoms with Crippen molar-refractivity contribution in [1.29, 1.82) is 0 Å². The van der Waals surface area contributed by atoms with Crippen LogP contribution in [0, 0.1) is 17.3 Å². The average Bonchev–Trinajstić information content (AvgIpc) is 3.64. The number of carbonyl (C=O) groups excluding carboxylic acids is 1. The van der Waals surface area contributed by atoms with Crippen LogP contribution in [0.3, 0.4) is 0 Å². The topological polar surface area (TPSA) is 30.0 Å². The first-order valence-electron chi connectivity index (χ1n) is 17.5. The van der Waals surface area contributed by atoms with Crippen LogP contribution in [-0.2, 0) is 623 Å². The average molecular weight is 2460 g/mol. The summed E-state index contributed by atoms with van der Waals surface area (Å²) < 4.78 is 0. The molecule has 0 bridgehead atoms. The molecule has 1 aromatic rings. The van der Waals surface area contributed by atoms with Gasteiger partial charge in [0.1, 0.15) is 5.69 Å². The highest BCUT2D eigenvalue weighted by atomic mass is 33.5. The van der Waals surface area contributed by atoms with Gasteiger partial charge in [0.05, 0.1) is 0 Å². The van der Waals surface area contributed by atoms with E-state index in [0.717, 1.165) is 12.0 Å². The van der Waals surface area contributed by atoms with Crippen molar-refractivity contribution in [3.05, 3.63) is 29.1 Å². The van der Waals surface area contributed by atoms with E-state index in [4.69, 9.17) is 22.4 Å². The van der Waals surface area contributed by atoms with E-state index in [1.807, 2.05) is 498 Å². The molecule has 0 aliphatic carbocycles. The molecule has 0 aromatic carbocycles. The summed E-state index contributed by atoms with van der Waals surface area (Å²) in [6, 6.07) is 3.69. The fourth-order valence-corrected chi connectivity index (χ4v) is 180. The van der Waals surface area contributed by atoms with E-state index in [9.17, 15) is 4.79 Å². The molecule has 0 atom stereocenters. The Morgan fingerprint density at radius 1 is 0.287 bits per heavy atom. The molecule has 0 saturated carbocycles. The third kappa shape index (κ3) is 83.5. The molecule has 1 aromatic heterocycles. The van der Waals surface area contributed by atoms with E-state index in [-0.39, 0.29) is 10.8 Å². The van der Waals surface area contributed by atoms with Gasteiger partial charge < -0.3 is 0 Å². The standard InChI is InChI=1S/C16H21NO.S69/c1-15(2,3)10-9-13-12(11-18)7-8-14(17-13)16(4,5)6;1-3-5-7-9-11-13-15-17-19-21-23-25-27-29-31-33-35-37-39-41-43-45-47-49-51-53-55-57-59-61-63-65-67-69-68-66-64-62-60-58-56-54-52-50-48-46-44-42-40-38-36-34-32-30-28-26-24-22-20-18-16-14-12-10-8-6-4-2/h7-8,11H,1-6H3;. The van der Waals surface area contributed by atoms with Crippen molar-refractivity contribution >= 4 is 624 Å². The molecule has 0 saturated heterocycles. The predicted octanol–water partition coefficient (Wildman–Crippen LogP) is 3.42. The number of aromatic nitrogens is 1. The maximum Gasteiger partial charge on any atom is 0.152 e. The van der Waals surface area contributed by atoms with Gasteiger partial charge in [0.25, 0.3) is 0 Å². The summed E-state index contributed by atoms with van der Waals surface area (Å²) in [4.78, 5) is 15.5. The summed E-state index contributed by atoms with van der Waals surface area (Å²) in [5.41, 5.74) is 1.94. The molecular formula is C16H21NOS69. The summed E-state index contributed by atoms with van der Waals surface area (Å²) >= 11 is 9.64. The van der Waals surface area contributed by atoms with Gasteiger partial charge in [-0.15, -0.1) is 0 Å². The molecule has 0 unspecified atom stereocenters. The van der Waals surface area contributed by atoms with Crippen LogP contribution in [0.5, 0.6) is 0 Å². The molecule has 0 N–H and O–H groups in total. The quantitative estimate of drug-likeness (QED) is 0.319. The highest BCUT2D eigenvalue weighted by molar-refractivity contribution is 8.84. The normalized spacial score (nSPS) is 8.62. The highest BCUT2D eigenvalue weighted by Crippen LogP contribution is 2.21. The minimum Gasteiger partial charge on any atom is -0.298 e. The second-order valence-corrected chi connectivity index (χ2v) is 130. The lowest BCUT2D eigenvalue weighted by Gasteiger charge is -2.18. The summed E-state index contributed by atoms with van der Waals surface area (Å²) in [7, 11) is 121. The molecule has 0 aliphatic heterocycles. The van der Waals surface area contributed by atoms with Crippen LogP contribution < -0.4 is 0 Å². The molecule has 0 fully saturated rings. The first kappa shape index (κ1) is 101. The lowest BCUT2D eigenvalue weighted by Crippen LogP contribution is -2.14. The molecule has 0 radical (unpaired) electrons. The summed E-state index contributed by atoms with van der Waals surface area (Å²) in [5, 5.41) is 0. The molecule has 0 spiro atoms. The Labute approximate surface area is 706 Å². The highest BCUT2D eigenvalue weighted by Gasteiger charge is 2.17. The molecule has 2 nitrogen and oxygen atoms in total. The molecule has 1 heterocycles. The number of nitrogens with zero attached hydrogens (tertiary/aromatic N) is 1. The fourth-order valence-electron chi connectivity index (χ4n) is 2.07. The Morgan fingerprint density at radius 2 is 0.448 bits per heavy atom. The van der Waals surface area contributed by atoms with Gasteiger partial charge in [-0.05, 0) is 38.8 Å². The van der Waals surface area contributed by atoms with Crippen molar-refractivity contribution < 1.29 is 4.79 Å². The third-order valence-electron chi connectivity index (χ3n) is 4.21. The first-order chi connectivity index (χ1) is 42.5. The summed E-state index contributed by atoms with van der Waals surface area (Å²) in [6.45, 7) is 12.4. The van der Waals surface area contributed by atoms with Crippen LogP contribution in [0.2, 0.25) is 0 Å². The van der Waals surface area contributed by atoms with E-state index in [1.54, 1.807) is 113 Å². The zero-order chi connectivity index (χ0) is 63.4. The lowest BCUT2D eigenvalue weighted by atomic mass is 9.91. The SMILES string of the molecule is CC(C)(C)C#Cc1nc(C(C)(C)C)ccc1C=O.S=S=S=S=S=S=S=S=S=S=S=S=S=S=S=S=S=S=S=S=S=S=S=S=S=S=S=S=S=S=S=S=S=S=S=S=S=S=S=S=S=S=S=S=S=S=S=S=S=S=S=S=S=S=S=S=S=S=S=S=S=S=S=S=S=S=S=S=S. The molecule has 1 rings (SSSR count). The number of aldehydes is 1. The van der Waals surface area contributed by atoms with E-state index >= 15 is 0 Å². The lowest BCUT2D eigenvalue weighted by molar-refractivity contribution is 0.112. The Hall–Kier alpha value is 13.6. The van der Waals surface area contributed by atoms with Gasteiger partial charge in [-0.1, -0.05) is 26.7 Å². The van der Waals surface area contributed by atoms with Crippen LogP contribution in [0.4, 0.5) is 0 Å². The third-order valence-corrected chi connectivity index (χ3v) is 151. The molecule has 0 amide bonds. The monoisotopic (exact) mass is 2450 g/mol. The Morgan fingerprint density at radius 3 is 0.575 bits per heavy atom. The van der Waals surface area contributed by atoms with E-state index in [0.29, 0.717) is 11.3 Å². The number of rotatable bonds is 1. The summed E-state index contributed by atoms with van der Waals surface area (Å²) in [6.07, 6.45) is 0.812. The van der Waals surface area contributed by atoms with Crippen molar-refractivity contribution in [2.45, 2.75) is 47.0 Å². The van der Waals surface area contributed by atoms with Crippen LogP contribution >= 0.6 is 0 Å². The second-order valence-electron chi connectivity index (χ2n) is 11.1. The van der Waals surface area contributed by atoms with Gasteiger partial charge in [0.15, 0.2) is 6.29 Å². The molecule has 71 heteroatoms. The van der Waals surface area contributed by atoms with E-state index in [1.165, 1.54) is 17.8 Å². The van der Waals surface area contributed by atoms with Gasteiger partial charge in [-0.2, -0.15) is 0 Å². The Balaban J connectivity index is 0.00000347. The summed E-state index contributed by atoms with van der Waals surface area (Å²) in [5.74, 6) is 6.14. The van der Waals surface area contributed by atoms with Gasteiger partial charge >= 0.3 is 0 Å². The molecular weight excluding hydrogens is 2430 g/mol. The van der Waals surface area contributed by atoms with Crippen LogP contribution in [-0.4, -0.2) is 11.3 Å². The van der Waals surface area contributed by atoms with Gasteiger partial charge in [-0.3, -0.25) is 4.79 Å². The molecule has 510 valence electrons.